The molecule has 0 saturated heterocycles. The molecule has 1 heterocycles. The Morgan fingerprint density at radius 1 is 1.36 bits per heavy atom. The Kier molecular flexibility index (Phi) is 2.51. The SMILES string of the molecule is CC(C)Cc1c[nH]c2c(Cl)cccc12. The van der Waals surface area contributed by atoms with Gasteiger partial charge in [-0.3, -0.25) is 0 Å². The molecule has 74 valence electrons. The number of nitrogens with one attached hydrogen (secondary N) is 1. The predicted molar refractivity (Wildman–Crippen MR) is 61.9 cm³/mol. The van der Waals surface area contributed by atoms with Crippen molar-refractivity contribution in [2.24, 2.45) is 5.92 Å². The third-order valence-electron chi connectivity index (χ3n) is 2.38. The van der Waals surface area contributed by atoms with E-state index in [0.29, 0.717) is 5.92 Å². The van der Waals surface area contributed by atoms with E-state index >= 15 is 0 Å². The van der Waals surface area contributed by atoms with Gasteiger partial charge in [-0.05, 0) is 24.0 Å². The highest BCUT2D eigenvalue weighted by atomic mass is 35.5. The number of rotatable bonds is 2. The summed E-state index contributed by atoms with van der Waals surface area (Å²) in [5.41, 5.74) is 2.42. The minimum absolute atomic E-state index is 0.674. The first-order chi connectivity index (χ1) is 6.68. The maximum Gasteiger partial charge on any atom is 0.0647 e. The Bertz CT molecular complexity index is 443. The summed E-state index contributed by atoms with van der Waals surface area (Å²) in [6.45, 7) is 4.45. The number of hydrogen-bond donors (Lipinski definition) is 1. The molecule has 14 heavy (non-hydrogen) atoms. The quantitative estimate of drug-likeness (QED) is 0.766. The van der Waals surface area contributed by atoms with E-state index in [9.17, 15) is 0 Å². The Hall–Kier alpha value is -0.950. The summed E-state index contributed by atoms with van der Waals surface area (Å²) in [4.78, 5) is 3.23. The topological polar surface area (TPSA) is 15.8 Å². The molecule has 0 aliphatic carbocycles. The van der Waals surface area contributed by atoms with Crippen LogP contribution < -0.4 is 0 Å². The maximum absolute atomic E-state index is 6.08. The van der Waals surface area contributed by atoms with Crippen molar-refractivity contribution in [3.63, 3.8) is 0 Å². The molecule has 1 N–H and O–H groups in total. The number of aromatic amines is 1. The van der Waals surface area contributed by atoms with E-state index in [-0.39, 0.29) is 0 Å². The zero-order valence-electron chi connectivity index (χ0n) is 8.47. The van der Waals surface area contributed by atoms with Crippen LogP contribution in [0, 0.1) is 5.92 Å². The monoisotopic (exact) mass is 207 g/mol. The van der Waals surface area contributed by atoms with Gasteiger partial charge in [0.15, 0.2) is 0 Å². The van der Waals surface area contributed by atoms with Gasteiger partial charge in [0.2, 0.25) is 0 Å². The fourth-order valence-corrected chi connectivity index (χ4v) is 2.01. The van der Waals surface area contributed by atoms with Crippen LogP contribution in [0.3, 0.4) is 0 Å². The lowest BCUT2D eigenvalue weighted by Crippen LogP contribution is -1.91. The number of fused-ring (bicyclic) bond motifs is 1. The van der Waals surface area contributed by atoms with Gasteiger partial charge in [-0.15, -0.1) is 0 Å². The number of benzene rings is 1. The van der Waals surface area contributed by atoms with Gasteiger partial charge in [0.25, 0.3) is 0 Å². The lowest BCUT2D eigenvalue weighted by molar-refractivity contribution is 0.650. The molecule has 0 amide bonds. The van der Waals surface area contributed by atoms with E-state index in [0.717, 1.165) is 17.0 Å². The Morgan fingerprint density at radius 2 is 2.14 bits per heavy atom. The summed E-state index contributed by atoms with van der Waals surface area (Å²) < 4.78 is 0. The van der Waals surface area contributed by atoms with E-state index in [1.54, 1.807) is 0 Å². The molecule has 2 heteroatoms. The minimum Gasteiger partial charge on any atom is -0.360 e. The van der Waals surface area contributed by atoms with Crippen molar-refractivity contribution in [2.75, 3.05) is 0 Å². The third-order valence-corrected chi connectivity index (χ3v) is 2.69. The lowest BCUT2D eigenvalue weighted by atomic mass is 10.0. The van der Waals surface area contributed by atoms with Crippen LogP contribution in [-0.4, -0.2) is 4.98 Å². The lowest BCUT2D eigenvalue weighted by Gasteiger charge is -2.02. The van der Waals surface area contributed by atoms with Gasteiger partial charge >= 0.3 is 0 Å². The van der Waals surface area contributed by atoms with Crippen molar-refractivity contribution in [1.82, 2.24) is 4.98 Å². The van der Waals surface area contributed by atoms with Crippen LogP contribution >= 0.6 is 11.6 Å². The average molecular weight is 208 g/mol. The van der Waals surface area contributed by atoms with Crippen molar-refractivity contribution in [2.45, 2.75) is 20.3 Å². The van der Waals surface area contributed by atoms with Crippen LogP contribution in [0.25, 0.3) is 10.9 Å². The first-order valence-electron chi connectivity index (χ1n) is 4.93. The van der Waals surface area contributed by atoms with E-state index in [4.69, 9.17) is 11.6 Å². The summed E-state index contributed by atoms with van der Waals surface area (Å²) in [5.74, 6) is 0.674. The van der Waals surface area contributed by atoms with Crippen molar-refractivity contribution >= 4 is 22.5 Å². The minimum atomic E-state index is 0.674. The van der Waals surface area contributed by atoms with Gasteiger partial charge in [0, 0.05) is 11.6 Å². The molecular formula is C12H14ClN. The van der Waals surface area contributed by atoms with Crippen molar-refractivity contribution < 1.29 is 0 Å². The molecule has 1 nitrogen and oxygen atoms in total. The van der Waals surface area contributed by atoms with Gasteiger partial charge in [-0.25, -0.2) is 0 Å². The number of H-pyrrole nitrogens is 1. The van der Waals surface area contributed by atoms with Gasteiger partial charge < -0.3 is 4.98 Å². The van der Waals surface area contributed by atoms with Crippen molar-refractivity contribution in [3.05, 3.63) is 35.0 Å². The molecule has 2 rings (SSSR count). The van der Waals surface area contributed by atoms with Crippen LogP contribution in [0.1, 0.15) is 19.4 Å². The molecule has 0 atom stereocenters. The molecule has 2 aromatic rings. The van der Waals surface area contributed by atoms with Gasteiger partial charge in [-0.1, -0.05) is 37.6 Å². The molecule has 0 fully saturated rings. The molecule has 0 saturated carbocycles. The van der Waals surface area contributed by atoms with Crippen LogP contribution in [0.15, 0.2) is 24.4 Å². The van der Waals surface area contributed by atoms with Crippen molar-refractivity contribution in [1.29, 1.82) is 0 Å². The molecule has 1 aromatic heterocycles. The molecular weight excluding hydrogens is 194 g/mol. The Morgan fingerprint density at radius 3 is 2.86 bits per heavy atom. The number of hydrogen-bond acceptors (Lipinski definition) is 0. The van der Waals surface area contributed by atoms with Crippen LogP contribution in [0.5, 0.6) is 0 Å². The van der Waals surface area contributed by atoms with E-state index in [1.165, 1.54) is 10.9 Å². The molecule has 0 bridgehead atoms. The summed E-state index contributed by atoms with van der Waals surface area (Å²) in [5, 5.41) is 2.06. The highest BCUT2D eigenvalue weighted by Crippen LogP contribution is 2.26. The molecule has 0 unspecified atom stereocenters. The summed E-state index contributed by atoms with van der Waals surface area (Å²) >= 11 is 6.08. The smallest absolute Gasteiger partial charge is 0.0647 e. The van der Waals surface area contributed by atoms with Crippen molar-refractivity contribution in [3.8, 4) is 0 Å². The van der Waals surface area contributed by atoms with Crippen LogP contribution in [-0.2, 0) is 6.42 Å². The third kappa shape index (κ3) is 1.64. The fourth-order valence-electron chi connectivity index (χ4n) is 1.78. The largest absolute Gasteiger partial charge is 0.360 e. The molecule has 0 aliphatic heterocycles. The normalized spacial score (nSPS) is 11.4. The molecule has 0 spiro atoms. The van der Waals surface area contributed by atoms with E-state index in [2.05, 4.69) is 31.1 Å². The summed E-state index contributed by atoms with van der Waals surface area (Å²) in [6, 6.07) is 6.04. The maximum atomic E-state index is 6.08. The first kappa shape index (κ1) is 9.60. The molecule has 1 aromatic carbocycles. The second kappa shape index (κ2) is 3.66. The highest BCUT2D eigenvalue weighted by molar-refractivity contribution is 6.35. The average Bonchev–Trinajstić information content (AvgIpc) is 2.49. The fraction of sp³-hybridized carbons (Fsp3) is 0.333. The summed E-state index contributed by atoms with van der Waals surface area (Å²) in [6.07, 6.45) is 3.16. The second-order valence-corrected chi connectivity index (χ2v) is 4.48. The van der Waals surface area contributed by atoms with E-state index < -0.39 is 0 Å². The van der Waals surface area contributed by atoms with E-state index in [1.807, 2.05) is 12.1 Å². The Labute approximate surface area is 89.1 Å². The molecule has 0 radical (unpaired) electrons. The zero-order valence-corrected chi connectivity index (χ0v) is 9.23. The van der Waals surface area contributed by atoms with Gasteiger partial charge in [0.05, 0.1) is 10.5 Å². The summed E-state index contributed by atoms with van der Waals surface area (Å²) in [7, 11) is 0. The molecule has 0 aliphatic rings. The first-order valence-corrected chi connectivity index (χ1v) is 5.30. The number of para-hydroxylation sites is 1. The Balaban J connectivity index is 2.52. The van der Waals surface area contributed by atoms with Gasteiger partial charge in [-0.2, -0.15) is 0 Å². The van der Waals surface area contributed by atoms with Crippen LogP contribution in [0.2, 0.25) is 5.02 Å². The predicted octanol–water partition coefficient (Wildman–Crippen LogP) is 4.02. The second-order valence-electron chi connectivity index (χ2n) is 4.07. The number of aromatic nitrogens is 1. The van der Waals surface area contributed by atoms with Crippen LogP contribution in [0.4, 0.5) is 0 Å². The number of halogens is 1. The highest BCUT2D eigenvalue weighted by Gasteiger charge is 2.06. The van der Waals surface area contributed by atoms with Gasteiger partial charge in [0.1, 0.15) is 0 Å². The zero-order chi connectivity index (χ0) is 10.1. The standard InChI is InChI=1S/C12H14ClN/c1-8(2)6-9-7-14-12-10(9)4-3-5-11(12)13/h3-5,7-8,14H,6H2,1-2H3.